The summed E-state index contributed by atoms with van der Waals surface area (Å²) in [5.41, 5.74) is 23.5. The molecule has 0 bridgehead atoms. The Morgan fingerprint density at radius 1 is 0.551 bits per heavy atom. The summed E-state index contributed by atoms with van der Waals surface area (Å²) in [6.07, 6.45) is -3.53. The van der Waals surface area contributed by atoms with Gasteiger partial charge in [0.25, 0.3) is 0 Å². The lowest BCUT2D eigenvalue weighted by Gasteiger charge is -2.31. The van der Waals surface area contributed by atoms with Crippen molar-refractivity contribution in [2.75, 3.05) is 58.1 Å². The number of aliphatic hydroxyl groups excluding tert-OH is 1. The molecule has 3 fully saturated rings. The van der Waals surface area contributed by atoms with E-state index in [0.717, 1.165) is 16.7 Å². The van der Waals surface area contributed by atoms with Crippen LogP contribution >= 0.6 is 12.6 Å². The number of primary amides is 3. The first-order valence-corrected chi connectivity index (χ1v) is 45.6. The number of aliphatic hydroxyl groups is 1. The second-order valence-electron chi connectivity index (χ2n) is 33.8. The van der Waals surface area contributed by atoms with Crippen molar-refractivity contribution in [3.05, 3.63) is 120 Å². The lowest BCUT2D eigenvalue weighted by atomic mass is 10.0. The number of H-pyrrole nitrogens is 1. The molecule has 3 saturated heterocycles. The van der Waals surface area contributed by atoms with E-state index in [9.17, 15) is 91.7 Å². The number of aromatic amines is 1. The van der Waals surface area contributed by atoms with E-state index in [-0.39, 0.29) is 121 Å². The molecule has 0 radical (unpaired) electrons. The lowest BCUT2D eigenvalue weighted by molar-refractivity contribution is -0.142. The maximum absolute atomic E-state index is 15.3. The highest BCUT2D eigenvalue weighted by Gasteiger charge is 2.43. The van der Waals surface area contributed by atoms with Crippen LogP contribution in [0.2, 0.25) is 0 Å². The number of fused-ring (bicyclic) bond motifs is 1. The summed E-state index contributed by atoms with van der Waals surface area (Å²) < 4.78 is 0. The molecule has 1 aromatic heterocycles. The minimum absolute atomic E-state index is 0.00462. The maximum Gasteiger partial charge on any atom is 0.246 e. The van der Waals surface area contributed by atoms with Gasteiger partial charge < -0.3 is 138 Å². The van der Waals surface area contributed by atoms with E-state index >= 15 is 19.2 Å². The van der Waals surface area contributed by atoms with Crippen molar-refractivity contribution in [3.63, 3.8) is 0 Å². The van der Waals surface area contributed by atoms with Gasteiger partial charge in [0, 0.05) is 64.5 Å². The fraction of sp³-hybridized carbons (Fsp3) is 0.511. The minimum Gasteiger partial charge on any atom is -0.508 e. The zero-order valence-electron chi connectivity index (χ0n) is 76.6. The molecule has 29 N–H and O–H groups in total. The number of amides is 21. The van der Waals surface area contributed by atoms with Crippen LogP contribution in [0.4, 0.5) is 0 Å². The van der Waals surface area contributed by atoms with E-state index in [1.54, 1.807) is 74.5 Å². The van der Waals surface area contributed by atoms with Crippen molar-refractivity contribution in [2.24, 2.45) is 28.9 Å². The number of benzene rings is 3. The average molecular weight is 1950 g/mol. The Morgan fingerprint density at radius 2 is 1.15 bits per heavy atom. The third-order valence-electron chi connectivity index (χ3n) is 22.3. The number of aromatic hydroxyl groups is 1. The number of hydrogen-bond acceptors (Lipinski definition) is 26. The molecule has 0 aliphatic carbocycles. The van der Waals surface area contributed by atoms with Crippen molar-refractivity contribution in [2.45, 2.75) is 221 Å². The van der Waals surface area contributed by atoms with Crippen LogP contribution < -0.4 is 113 Å². The quantitative estimate of drug-likeness (QED) is 0.00894. The molecule has 14 atom stereocenters. The van der Waals surface area contributed by atoms with Crippen LogP contribution in [0.3, 0.4) is 0 Å². The molecule has 4 aromatic rings. The minimum atomic E-state index is -2.12. The number of nitrogens with zero attached hydrogens (tertiary/aromatic N) is 3. The van der Waals surface area contributed by atoms with Crippen molar-refractivity contribution in [1.29, 1.82) is 5.41 Å². The standard InChI is InChI=1S/C88H124N26O23S/c1-47(2)33-57-81(131)111-63(36-51-23-25-53(116)26-24-51)87(137)114-32-14-22-65(114)85(135)106-54(78(128)109-61(38-67(90)118)77(127)100-44-73(124)113-31-13-21-64(113)75(91)125)19-10-11-29-95-68(119)39-62(110-82(132)59(35-50-17-8-5-9-18-50)108-79(129)55(20-12-30-96-88(92)93)105-80(130)56(27-28-66(89)117)102-72(123)45-138)84(134)112-74(48(3)115)86(136)99-43-71(122)104-60(37-52-40-94-46-101-52)83(133)107-58(34-49-15-6-4-7-16-49)76(126)98-41-69(120)97-42-70(121)103-57/h4-9,15-18,23-26,40,46-48,54-65,74,115-116,138H,10-14,19-22,27-39,41-45H2,1-3H3,(H2,89,117)(H2,90,118)(H2,91,125)(H,94,101)(H,95,119)(H,97,120)(H,98,126)(H,99,136)(H,100,127)(H,102,123)(H,103,121)(H,104,122)(H,105,130)(H,106,135)(H,107,133)(H,108,129)(H,109,128)(H,110,132)(H,111,131)(H,112,134)(H4,92,93,96)/t48-,54+,55+,56+,57+,58+,59+,60+,61+,62+,63+,64+,65+,74+/m1/s1. The topological polar surface area (TPSA) is 767 Å². The zero-order valence-corrected chi connectivity index (χ0v) is 77.5. The van der Waals surface area contributed by atoms with Crippen LogP contribution in [0.5, 0.6) is 5.75 Å². The van der Waals surface area contributed by atoms with Crippen LogP contribution in [0.1, 0.15) is 133 Å². The number of rotatable bonds is 34. The first-order valence-electron chi connectivity index (χ1n) is 45.0. The fourth-order valence-electron chi connectivity index (χ4n) is 15.3. The van der Waals surface area contributed by atoms with Gasteiger partial charge in [-0.2, -0.15) is 12.6 Å². The molecule has 50 heteroatoms. The van der Waals surface area contributed by atoms with Crippen molar-refractivity contribution in [3.8, 4) is 5.75 Å². The predicted octanol–water partition coefficient (Wildman–Crippen LogP) is -8.90. The summed E-state index contributed by atoms with van der Waals surface area (Å²) in [6, 6.07) is 0.515. The molecule has 3 aliphatic rings. The number of phenolic OH excluding ortho intramolecular Hbond substituents is 1. The molecule has 3 aliphatic heterocycles. The molecule has 3 aromatic carbocycles. The Balaban J connectivity index is 1.27. The van der Waals surface area contributed by atoms with Gasteiger partial charge in [-0.25, -0.2) is 4.98 Å². The highest BCUT2D eigenvalue weighted by Crippen LogP contribution is 2.24. The Kier molecular flexibility index (Phi) is 44.6. The molecule has 750 valence electrons. The van der Waals surface area contributed by atoms with Gasteiger partial charge in [-0.3, -0.25) is 106 Å². The molecule has 0 spiro atoms. The number of carbonyl (C=O) groups is 21. The van der Waals surface area contributed by atoms with Gasteiger partial charge in [0.05, 0.1) is 62.9 Å². The van der Waals surface area contributed by atoms with Crippen molar-refractivity contribution < 1.29 is 111 Å². The molecule has 0 unspecified atom stereocenters. The fourth-order valence-corrected chi connectivity index (χ4v) is 15.4. The number of hydrogen-bond donors (Lipinski definition) is 26. The number of guanidine groups is 1. The number of nitrogens with two attached hydrogens (primary N) is 4. The monoisotopic (exact) mass is 1940 g/mol. The van der Waals surface area contributed by atoms with Gasteiger partial charge >= 0.3 is 0 Å². The molecule has 7 rings (SSSR count). The summed E-state index contributed by atoms with van der Waals surface area (Å²) in [5, 5.41) is 71.5. The van der Waals surface area contributed by atoms with E-state index in [0.29, 0.717) is 23.1 Å². The second-order valence-corrected chi connectivity index (χ2v) is 34.1. The number of carbonyl (C=O) groups excluding carboxylic acids is 21. The molecule has 4 heterocycles. The van der Waals surface area contributed by atoms with E-state index in [1.165, 1.54) is 36.8 Å². The van der Waals surface area contributed by atoms with Crippen LogP contribution in [-0.2, 0) is 126 Å². The average Bonchev–Trinajstić information content (AvgIpc) is 1.64. The Hall–Kier alpha value is -14.9. The summed E-state index contributed by atoms with van der Waals surface area (Å²) in [7, 11) is 0. The molecular formula is C88H124N26O23S. The lowest BCUT2D eigenvalue weighted by Crippen LogP contribution is -2.61. The van der Waals surface area contributed by atoms with Gasteiger partial charge in [-0.05, 0) is 112 Å². The number of imidazole rings is 1. The first-order chi connectivity index (χ1) is 65.6. The Morgan fingerprint density at radius 3 is 1.78 bits per heavy atom. The van der Waals surface area contributed by atoms with Crippen molar-refractivity contribution >= 4 is 143 Å². The van der Waals surface area contributed by atoms with Crippen LogP contribution in [-0.4, -0.2) is 303 Å². The molecule has 21 amide bonds. The van der Waals surface area contributed by atoms with Gasteiger partial charge in [0.1, 0.15) is 84.3 Å². The molecular weight excluding hydrogens is 1820 g/mol. The smallest absolute Gasteiger partial charge is 0.246 e. The third kappa shape index (κ3) is 37.4. The highest BCUT2D eigenvalue weighted by molar-refractivity contribution is 7.81. The number of nitrogens with one attached hydrogen (secondary N) is 19. The number of phenols is 1. The Bertz CT molecular complexity index is 4960. The predicted molar refractivity (Wildman–Crippen MR) is 494 cm³/mol. The summed E-state index contributed by atoms with van der Waals surface area (Å²) >= 11 is 3.96. The largest absolute Gasteiger partial charge is 0.508 e. The van der Waals surface area contributed by atoms with Gasteiger partial charge in [0.2, 0.25) is 124 Å². The second kappa shape index (κ2) is 55.8. The Labute approximate surface area is 799 Å². The summed E-state index contributed by atoms with van der Waals surface area (Å²) in [6.45, 7) is 0.702. The number of thiol groups is 1. The maximum atomic E-state index is 15.3. The van der Waals surface area contributed by atoms with E-state index in [4.69, 9.17) is 28.3 Å². The van der Waals surface area contributed by atoms with Crippen molar-refractivity contribution in [1.82, 2.24) is 110 Å². The van der Waals surface area contributed by atoms with E-state index in [2.05, 4.69) is 113 Å². The van der Waals surface area contributed by atoms with Crippen LogP contribution in [0.15, 0.2) is 97.5 Å². The zero-order chi connectivity index (χ0) is 101. The first kappa shape index (κ1) is 110. The summed E-state index contributed by atoms with van der Waals surface area (Å²) in [5.74, 6) is -22.6. The van der Waals surface area contributed by atoms with E-state index in [1.807, 2.05) is 0 Å². The molecule has 49 nitrogen and oxygen atoms in total. The van der Waals surface area contributed by atoms with Gasteiger partial charge in [-0.15, -0.1) is 0 Å². The normalized spacial score (nSPS) is 21.3. The summed E-state index contributed by atoms with van der Waals surface area (Å²) in [4.78, 5) is 305. The van der Waals surface area contributed by atoms with E-state index < -0.39 is 279 Å². The third-order valence-corrected chi connectivity index (χ3v) is 22.6. The molecule has 138 heavy (non-hydrogen) atoms. The SMILES string of the molecule is CC(C)C[C@@H]1NC(=O)CNC(=O)CNC(=O)[C@H](Cc2ccccc2)NC(=O)[C@H](Cc2c[nH]cn2)NC(=O)CNC(=O)[C@H]([C@@H](C)O)NC(=O)[C@@H](NC(=O)[C@H](Cc2ccccc2)NC(=O)[C@H](CCCNC(=N)N)NC(=O)[C@H](CCC(N)=O)NC(=O)CS)CC(=O)NCCCC[C@@H](C(=O)N[C@@H](CC(N)=O)C(=O)NCC(=O)N2CCC[C@H]2C(N)=O)NC(=O)[C@@H]2CCCN2C(=O)[C@H](Cc2ccc(O)cc2)NC1=O. The number of likely N-dealkylation sites (tertiary alicyclic amines) is 1. The highest BCUT2D eigenvalue weighted by atomic mass is 32.1. The van der Waals surface area contributed by atoms with Gasteiger partial charge in [-0.1, -0.05) is 86.6 Å². The van der Waals surface area contributed by atoms with Crippen LogP contribution in [0.25, 0.3) is 0 Å². The van der Waals surface area contributed by atoms with Crippen LogP contribution in [0, 0.1) is 11.3 Å². The number of aromatic nitrogens is 2. The van der Waals surface area contributed by atoms with Gasteiger partial charge in [0.15, 0.2) is 5.96 Å². The molecule has 0 saturated carbocycles.